The summed E-state index contributed by atoms with van der Waals surface area (Å²) in [6.07, 6.45) is -3.88. The van der Waals surface area contributed by atoms with Crippen molar-refractivity contribution in [3.8, 4) is 0 Å². The van der Waals surface area contributed by atoms with Gasteiger partial charge in [-0.05, 0) is 30.6 Å². The molecule has 0 saturated heterocycles. The molecule has 0 unspecified atom stereocenters. The number of nitrogens with zero attached hydrogens (tertiary/aromatic N) is 1. The molecule has 0 aromatic carbocycles. The topological polar surface area (TPSA) is 38.9 Å². The molecule has 68 valence electrons. The first-order chi connectivity index (χ1) is 5.54. The Bertz CT molecular complexity index is 256. The maximum Gasteiger partial charge on any atom is 0.434 e. The normalized spacial score (nSPS) is 12.0. The Kier molecular flexibility index (Phi) is 2.69. The molecular weight excluding hydrogens is 189 g/mol. The predicted octanol–water partition coefficient (Wildman–Crippen LogP) is 1.66. The van der Waals surface area contributed by atoms with Crippen LogP contribution in [0.5, 0.6) is 0 Å². The molecule has 0 fully saturated rings. The number of aromatic nitrogens is 1. The van der Waals surface area contributed by atoms with Gasteiger partial charge in [-0.3, -0.25) is 0 Å². The fourth-order valence-electron chi connectivity index (χ4n) is 0.707. The van der Waals surface area contributed by atoms with Gasteiger partial charge in [0.1, 0.15) is 0 Å². The highest BCUT2D eigenvalue weighted by atomic mass is 32.1. The molecule has 0 amide bonds. The van der Waals surface area contributed by atoms with Gasteiger partial charge in [-0.15, -0.1) is 0 Å². The Morgan fingerprint density at radius 1 is 1.50 bits per heavy atom. The third-order valence-corrected chi connectivity index (χ3v) is 2.08. The minimum absolute atomic E-state index is 0.347. The lowest BCUT2D eigenvalue weighted by Crippen LogP contribution is -2.05. The Labute approximate surface area is 71.4 Å². The first-order valence-electron chi connectivity index (χ1n) is 3.27. The SMILES string of the molecule is NCCc1cc(C(F)(F)F)ns1. The van der Waals surface area contributed by atoms with Crippen LogP contribution in [0.15, 0.2) is 6.07 Å². The Morgan fingerprint density at radius 2 is 2.17 bits per heavy atom. The highest BCUT2D eigenvalue weighted by Crippen LogP contribution is 2.29. The average Bonchev–Trinajstić information content (AvgIpc) is 2.35. The third kappa shape index (κ3) is 2.18. The van der Waals surface area contributed by atoms with Crippen LogP contribution < -0.4 is 5.73 Å². The zero-order valence-electron chi connectivity index (χ0n) is 6.06. The summed E-state index contributed by atoms with van der Waals surface area (Å²) in [5.74, 6) is 0. The van der Waals surface area contributed by atoms with Crippen molar-refractivity contribution < 1.29 is 13.2 Å². The van der Waals surface area contributed by atoms with E-state index in [1.807, 2.05) is 0 Å². The molecule has 0 bridgehead atoms. The summed E-state index contributed by atoms with van der Waals surface area (Å²) in [6.45, 7) is 0.347. The smallest absolute Gasteiger partial charge is 0.330 e. The monoisotopic (exact) mass is 196 g/mol. The molecule has 0 atom stereocenters. The molecule has 2 N–H and O–H groups in total. The minimum atomic E-state index is -4.33. The van der Waals surface area contributed by atoms with Crippen LogP contribution in [0.1, 0.15) is 10.6 Å². The number of alkyl halides is 3. The maximum absolute atomic E-state index is 12.0. The summed E-state index contributed by atoms with van der Waals surface area (Å²) >= 11 is 0.851. The number of nitrogens with two attached hydrogens (primary N) is 1. The van der Waals surface area contributed by atoms with Crippen LogP contribution in [0.3, 0.4) is 0 Å². The third-order valence-electron chi connectivity index (χ3n) is 1.24. The number of rotatable bonds is 2. The van der Waals surface area contributed by atoms with Crippen molar-refractivity contribution in [3.05, 3.63) is 16.6 Å². The molecule has 0 radical (unpaired) electrons. The van der Waals surface area contributed by atoms with Crippen LogP contribution in [-0.2, 0) is 12.6 Å². The van der Waals surface area contributed by atoms with E-state index in [1.165, 1.54) is 0 Å². The molecule has 0 aliphatic heterocycles. The van der Waals surface area contributed by atoms with Gasteiger partial charge in [0.15, 0.2) is 5.69 Å². The average molecular weight is 196 g/mol. The molecule has 2 nitrogen and oxygen atoms in total. The molecule has 1 rings (SSSR count). The second-order valence-electron chi connectivity index (χ2n) is 2.21. The van der Waals surface area contributed by atoms with Gasteiger partial charge >= 0.3 is 6.18 Å². The van der Waals surface area contributed by atoms with Crippen molar-refractivity contribution in [3.63, 3.8) is 0 Å². The summed E-state index contributed by atoms with van der Waals surface area (Å²) in [5.41, 5.74) is 4.35. The number of hydrogen-bond acceptors (Lipinski definition) is 3. The lowest BCUT2D eigenvalue weighted by atomic mass is 10.3. The van der Waals surface area contributed by atoms with Crippen molar-refractivity contribution in [2.75, 3.05) is 6.54 Å². The van der Waals surface area contributed by atoms with Crippen molar-refractivity contribution >= 4 is 11.5 Å². The molecule has 6 heteroatoms. The maximum atomic E-state index is 12.0. The Morgan fingerprint density at radius 3 is 2.58 bits per heavy atom. The molecule has 1 aromatic rings. The van der Waals surface area contributed by atoms with Gasteiger partial charge in [0.05, 0.1) is 0 Å². The van der Waals surface area contributed by atoms with Gasteiger partial charge in [-0.25, -0.2) is 0 Å². The first-order valence-corrected chi connectivity index (χ1v) is 4.04. The summed E-state index contributed by atoms with van der Waals surface area (Å²) < 4.78 is 39.1. The lowest BCUT2D eigenvalue weighted by Gasteiger charge is -1.98. The van der Waals surface area contributed by atoms with Gasteiger partial charge in [0, 0.05) is 4.88 Å². The van der Waals surface area contributed by atoms with E-state index in [0.29, 0.717) is 17.8 Å². The minimum Gasteiger partial charge on any atom is -0.330 e. The van der Waals surface area contributed by atoms with E-state index in [-0.39, 0.29) is 0 Å². The predicted molar refractivity (Wildman–Crippen MR) is 39.9 cm³/mol. The lowest BCUT2D eigenvalue weighted by molar-refractivity contribution is -0.140. The summed E-state index contributed by atoms with van der Waals surface area (Å²) in [7, 11) is 0. The molecule has 0 spiro atoms. The van der Waals surface area contributed by atoms with Crippen LogP contribution in [0, 0.1) is 0 Å². The van der Waals surface area contributed by atoms with Crippen LogP contribution in [0.2, 0.25) is 0 Å². The Balaban J connectivity index is 2.77. The number of hydrogen-bond donors (Lipinski definition) is 1. The fourth-order valence-corrected chi connectivity index (χ4v) is 1.45. The van der Waals surface area contributed by atoms with Crippen LogP contribution >= 0.6 is 11.5 Å². The zero-order valence-corrected chi connectivity index (χ0v) is 6.87. The van der Waals surface area contributed by atoms with E-state index in [2.05, 4.69) is 4.37 Å². The van der Waals surface area contributed by atoms with Crippen LogP contribution in [-0.4, -0.2) is 10.9 Å². The van der Waals surface area contributed by atoms with Gasteiger partial charge < -0.3 is 5.73 Å². The van der Waals surface area contributed by atoms with Crippen molar-refractivity contribution in [2.24, 2.45) is 5.73 Å². The molecular formula is C6H7F3N2S. The van der Waals surface area contributed by atoms with E-state index >= 15 is 0 Å². The van der Waals surface area contributed by atoms with E-state index in [9.17, 15) is 13.2 Å². The van der Waals surface area contributed by atoms with E-state index in [4.69, 9.17) is 5.73 Å². The zero-order chi connectivity index (χ0) is 9.19. The molecule has 1 heterocycles. The molecule has 1 aromatic heterocycles. The first kappa shape index (κ1) is 9.47. The van der Waals surface area contributed by atoms with Crippen molar-refractivity contribution in [1.82, 2.24) is 4.37 Å². The highest BCUT2D eigenvalue weighted by molar-refractivity contribution is 7.05. The van der Waals surface area contributed by atoms with Crippen LogP contribution in [0.4, 0.5) is 13.2 Å². The van der Waals surface area contributed by atoms with Gasteiger partial charge in [-0.2, -0.15) is 17.5 Å². The standard InChI is InChI=1S/C6H7F3N2S/c7-6(8,9)5-3-4(1-2-10)12-11-5/h3H,1-2,10H2. The molecule has 12 heavy (non-hydrogen) atoms. The summed E-state index contributed by atoms with van der Waals surface area (Å²) in [5, 5.41) is 0. The van der Waals surface area contributed by atoms with E-state index in [1.54, 1.807) is 0 Å². The summed E-state index contributed by atoms with van der Waals surface area (Å²) in [6, 6.07) is 1.04. The largest absolute Gasteiger partial charge is 0.434 e. The molecule has 0 aliphatic rings. The van der Waals surface area contributed by atoms with Gasteiger partial charge in [0.2, 0.25) is 0 Å². The summed E-state index contributed by atoms with van der Waals surface area (Å²) in [4.78, 5) is 0.574. The Hall–Kier alpha value is -0.620. The molecule has 0 saturated carbocycles. The highest BCUT2D eigenvalue weighted by Gasteiger charge is 2.33. The van der Waals surface area contributed by atoms with E-state index < -0.39 is 11.9 Å². The molecule has 0 aliphatic carbocycles. The second kappa shape index (κ2) is 3.40. The number of halogens is 3. The quantitative estimate of drug-likeness (QED) is 0.781. The van der Waals surface area contributed by atoms with Crippen LogP contribution in [0.25, 0.3) is 0 Å². The fraction of sp³-hybridized carbons (Fsp3) is 0.500. The van der Waals surface area contributed by atoms with Crippen molar-refractivity contribution in [1.29, 1.82) is 0 Å². The second-order valence-corrected chi connectivity index (χ2v) is 3.10. The van der Waals surface area contributed by atoms with Gasteiger partial charge in [-0.1, -0.05) is 0 Å². The van der Waals surface area contributed by atoms with E-state index in [0.717, 1.165) is 17.6 Å². The van der Waals surface area contributed by atoms with Crippen molar-refractivity contribution in [2.45, 2.75) is 12.6 Å². The van der Waals surface area contributed by atoms with Gasteiger partial charge in [0.25, 0.3) is 0 Å².